The monoisotopic (exact) mass is 172 g/mol. The van der Waals surface area contributed by atoms with Crippen LogP contribution < -0.4 is 0 Å². The molecule has 1 unspecified atom stereocenters. The number of rotatable bonds is 5. The average molecular weight is 172 g/mol. The van der Waals surface area contributed by atoms with E-state index >= 15 is 0 Å². The molecule has 0 saturated carbocycles. The summed E-state index contributed by atoms with van der Waals surface area (Å²) in [6.45, 7) is 3.62. The first-order valence-corrected chi connectivity index (χ1v) is 4.48. The van der Waals surface area contributed by atoms with Crippen molar-refractivity contribution in [2.45, 2.75) is 32.3 Å². The third kappa shape index (κ3) is 3.83. The van der Waals surface area contributed by atoms with E-state index in [1.807, 2.05) is 0 Å². The summed E-state index contributed by atoms with van der Waals surface area (Å²) in [5.41, 5.74) is 0. The lowest BCUT2D eigenvalue weighted by Crippen LogP contribution is -2.15. The summed E-state index contributed by atoms with van der Waals surface area (Å²) in [6, 6.07) is 0. The van der Waals surface area contributed by atoms with Gasteiger partial charge in [0, 0.05) is 13.0 Å². The molecule has 0 N–H and O–H groups in total. The van der Waals surface area contributed by atoms with Crippen molar-refractivity contribution in [3.8, 4) is 0 Å². The van der Waals surface area contributed by atoms with Gasteiger partial charge in [0.05, 0.1) is 19.3 Å². The maximum Gasteiger partial charge on any atom is 0.132 e. The molecule has 0 aliphatic carbocycles. The molecule has 1 atom stereocenters. The van der Waals surface area contributed by atoms with Gasteiger partial charge in [0.1, 0.15) is 5.78 Å². The van der Waals surface area contributed by atoms with E-state index in [1.165, 1.54) is 0 Å². The van der Waals surface area contributed by atoms with Crippen molar-refractivity contribution >= 4 is 5.78 Å². The second-order valence-electron chi connectivity index (χ2n) is 3.16. The molecule has 1 saturated heterocycles. The standard InChI is InChI=1S/C9H16O3/c1-8(10)4-6-11-7-9-3-2-5-12-9/h9H,2-7H2,1H3. The summed E-state index contributed by atoms with van der Waals surface area (Å²) >= 11 is 0. The first-order valence-electron chi connectivity index (χ1n) is 4.48. The minimum absolute atomic E-state index is 0.183. The summed E-state index contributed by atoms with van der Waals surface area (Å²) in [4.78, 5) is 10.5. The van der Waals surface area contributed by atoms with Crippen LogP contribution >= 0.6 is 0 Å². The second-order valence-corrected chi connectivity index (χ2v) is 3.16. The first kappa shape index (κ1) is 9.68. The van der Waals surface area contributed by atoms with Gasteiger partial charge in [-0.25, -0.2) is 0 Å². The van der Waals surface area contributed by atoms with Gasteiger partial charge < -0.3 is 9.47 Å². The number of hydrogen-bond acceptors (Lipinski definition) is 3. The normalized spacial score (nSPS) is 22.9. The summed E-state index contributed by atoms with van der Waals surface area (Å²) in [7, 11) is 0. The Morgan fingerprint density at radius 1 is 1.67 bits per heavy atom. The quantitative estimate of drug-likeness (QED) is 0.584. The molecule has 0 radical (unpaired) electrons. The Morgan fingerprint density at radius 2 is 2.50 bits per heavy atom. The Bertz CT molecular complexity index is 139. The number of Topliss-reactive ketones (excluding diaryl/α,β-unsaturated/α-hetero) is 1. The number of carbonyl (C=O) groups excluding carboxylic acids is 1. The van der Waals surface area contributed by atoms with Gasteiger partial charge in [0.15, 0.2) is 0 Å². The molecule has 70 valence electrons. The van der Waals surface area contributed by atoms with E-state index in [0.29, 0.717) is 19.6 Å². The largest absolute Gasteiger partial charge is 0.378 e. The minimum atomic E-state index is 0.183. The lowest BCUT2D eigenvalue weighted by Gasteiger charge is -2.08. The third-order valence-electron chi connectivity index (χ3n) is 1.93. The van der Waals surface area contributed by atoms with Gasteiger partial charge in [-0.3, -0.25) is 4.79 Å². The fourth-order valence-corrected chi connectivity index (χ4v) is 1.21. The zero-order valence-corrected chi connectivity index (χ0v) is 7.54. The SMILES string of the molecule is CC(=O)CCOCC1CCCO1. The molecular weight excluding hydrogens is 156 g/mol. The third-order valence-corrected chi connectivity index (χ3v) is 1.93. The predicted octanol–water partition coefficient (Wildman–Crippen LogP) is 1.16. The van der Waals surface area contributed by atoms with Crippen molar-refractivity contribution in [2.24, 2.45) is 0 Å². The highest BCUT2D eigenvalue weighted by atomic mass is 16.5. The highest BCUT2D eigenvalue weighted by Gasteiger charge is 2.14. The van der Waals surface area contributed by atoms with Crippen LogP contribution in [-0.4, -0.2) is 31.7 Å². The summed E-state index contributed by atoms with van der Waals surface area (Å²) in [5.74, 6) is 0.183. The van der Waals surface area contributed by atoms with Crippen LogP contribution in [0.5, 0.6) is 0 Å². The summed E-state index contributed by atoms with van der Waals surface area (Å²) in [5, 5.41) is 0. The van der Waals surface area contributed by atoms with Crippen LogP contribution in [0.15, 0.2) is 0 Å². The fraction of sp³-hybridized carbons (Fsp3) is 0.889. The van der Waals surface area contributed by atoms with Gasteiger partial charge in [-0.1, -0.05) is 0 Å². The summed E-state index contributed by atoms with van der Waals surface area (Å²) < 4.78 is 10.6. The lowest BCUT2D eigenvalue weighted by atomic mass is 10.2. The minimum Gasteiger partial charge on any atom is -0.378 e. The molecule has 12 heavy (non-hydrogen) atoms. The summed E-state index contributed by atoms with van der Waals surface area (Å²) in [6.07, 6.45) is 3.03. The highest BCUT2D eigenvalue weighted by molar-refractivity contribution is 5.75. The second kappa shape index (κ2) is 5.27. The van der Waals surface area contributed by atoms with E-state index in [9.17, 15) is 4.79 Å². The first-order chi connectivity index (χ1) is 5.79. The van der Waals surface area contributed by atoms with Crippen molar-refractivity contribution in [2.75, 3.05) is 19.8 Å². The molecule has 3 nitrogen and oxygen atoms in total. The van der Waals surface area contributed by atoms with Crippen LogP contribution in [0.4, 0.5) is 0 Å². The Morgan fingerprint density at radius 3 is 3.08 bits per heavy atom. The molecule has 1 aliphatic rings. The number of ether oxygens (including phenoxy) is 2. The molecule has 0 aromatic rings. The molecule has 0 spiro atoms. The smallest absolute Gasteiger partial charge is 0.132 e. The molecular formula is C9H16O3. The molecule has 3 heteroatoms. The van der Waals surface area contributed by atoms with Crippen LogP contribution in [0.3, 0.4) is 0 Å². The molecule has 1 heterocycles. The van der Waals surface area contributed by atoms with Crippen molar-refractivity contribution in [1.82, 2.24) is 0 Å². The maximum absolute atomic E-state index is 10.5. The van der Waals surface area contributed by atoms with Crippen molar-refractivity contribution in [3.05, 3.63) is 0 Å². The van der Waals surface area contributed by atoms with Crippen LogP contribution in [0.2, 0.25) is 0 Å². The number of carbonyl (C=O) groups is 1. The van der Waals surface area contributed by atoms with E-state index in [4.69, 9.17) is 9.47 Å². The molecule has 0 amide bonds. The van der Waals surface area contributed by atoms with Crippen molar-refractivity contribution in [1.29, 1.82) is 0 Å². The van der Waals surface area contributed by atoms with E-state index in [1.54, 1.807) is 6.92 Å². The van der Waals surface area contributed by atoms with Crippen LogP contribution in [-0.2, 0) is 14.3 Å². The Hall–Kier alpha value is -0.410. The van der Waals surface area contributed by atoms with E-state index in [0.717, 1.165) is 19.4 Å². The van der Waals surface area contributed by atoms with E-state index in [-0.39, 0.29) is 11.9 Å². The average Bonchev–Trinajstić information content (AvgIpc) is 2.49. The van der Waals surface area contributed by atoms with Crippen LogP contribution in [0.1, 0.15) is 26.2 Å². The van der Waals surface area contributed by atoms with Crippen molar-refractivity contribution in [3.63, 3.8) is 0 Å². The zero-order chi connectivity index (χ0) is 8.81. The zero-order valence-electron chi connectivity index (χ0n) is 7.54. The van der Waals surface area contributed by atoms with Gasteiger partial charge >= 0.3 is 0 Å². The molecule has 1 fully saturated rings. The predicted molar refractivity (Wildman–Crippen MR) is 45.1 cm³/mol. The molecule has 1 rings (SSSR count). The number of ketones is 1. The van der Waals surface area contributed by atoms with Crippen molar-refractivity contribution < 1.29 is 14.3 Å². The van der Waals surface area contributed by atoms with Gasteiger partial charge in [0.25, 0.3) is 0 Å². The Kier molecular flexibility index (Phi) is 4.25. The van der Waals surface area contributed by atoms with E-state index in [2.05, 4.69) is 0 Å². The molecule has 0 aromatic heterocycles. The van der Waals surface area contributed by atoms with Gasteiger partial charge in [0.2, 0.25) is 0 Å². The van der Waals surface area contributed by atoms with Gasteiger partial charge in [-0.05, 0) is 19.8 Å². The van der Waals surface area contributed by atoms with Crippen LogP contribution in [0.25, 0.3) is 0 Å². The maximum atomic E-state index is 10.5. The lowest BCUT2D eigenvalue weighted by molar-refractivity contribution is -0.118. The van der Waals surface area contributed by atoms with E-state index < -0.39 is 0 Å². The molecule has 0 bridgehead atoms. The van der Waals surface area contributed by atoms with Gasteiger partial charge in [-0.2, -0.15) is 0 Å². The van der Waals surface area contributed by atoms with Gasteiger partial charge in [-0.15, -0.1) is 0 Å². The van der Waals surface area contributed by atoms with Crippen LogP contribution in [0, 0.1) is 0 Å². The molecule has 1 aliphatic heterocycles. The highest BCUT2D eigenvalue weighted by Crippen LogP contribution is 2.11. The number of hydrogen-bond donors (Lipinski definition) is 0. The Labute approximate surface area is 73.0 Å². The Balaban J connectivity index is 1.91. The fourth-order valence-electron chi connectivity index (χ4n) is 1.21. The molecule has 0 aromatic carbocycles. The topological polar surface area (TPSA) is 35.5 Å².